The van der Waals surface area contributed by atoms with Gasteiger partial charge >= 0.3 is 0 Å². The SMILES string of the molecule is O=C(c1ccncc1Cl)N1CCOCC1CO. The highest BCUT2D eigenvalue weighted by atomic mass is 35.5. The lowest BCUT2D eigenvalue weighted by atomic mass is 10.1. The largest absolute Gasteiger partial charge is 0.394 e. The molecule has 2 rings (SSSR count). The van der Waals surface area contributed by atoms with Crippen LogP contribution in [0.1, 0.15) is 10.4 Å². The second-order valence-electron chi connectivity index (χ2n) is 3.77. The van der Waals surface area contributed by atoms with E-state index in [1.54, 1.807) is 11.0 Å². The van der Waals surface area contributed by atoms with Gasteiger partial charge in [-0.2, -0.15) is 0 Å². The lowest BCUT2D eigenvalue weighted by Gasteiger charge is -2.34. The lowest BCUT2D eigenvalue weighted by molar-refractivity contribution is -0.0183. The van der Waals surface area contributed by atoms with Crippen LogP contribution < -0.4 is 0 Å². The third kappa shape index (κ3) is 2.57. The number of aliphatic hydroxyl groups is 1. The Morgan fingerprint density at radius 2 is 2.53 bits per heavy atom. The molecule has 1 unspecified atom stereocenters. The first-order valence-corrected chi connectivity index (χ1v) is 5.71. The molecule has 17 heavy (non-hydrogen) atoms. The van der Waals surface area contributed by atoms with Crippen molar-refractivity contribution in [3.05, 3.63) is 29.0 Å². The zero-order valence-corrected chi connectivity index (χ0v) is 9.93. The summed E-state index contributed by atoms with van der Waals surface area (Å²) in [6, 6.07) is 1.27. The molecule has 1 aliphatic rings. The maximum absolute atomic E-state index is 12.2. The number of aromatic nitrogens is 1. The standard InChI is InChI=1S/C11H13ClN2O3/c12-10-5-13-2-1-9(10)11(16)14-3-4-17-7-8(14)6-15/h1-2,5,8,15H,3-4,6-7H2. The van der Waals surface area contributed by atoms with E-state index in [9.17, 15) is 9.90 Å². The third-order valence-corrected chi connectivity index (χ3v) is 3.00. The van der Waals surface area contributed by atoms with E-state index in [2.05, 4.69) is 4.98 Å². The van der Waals surface area contributed by atoms with Crippen molar-refractivity contribution in [3.63, 3.8) is 0 Å². The van der Waals surface area contributed by atoms with Gasteiger partial charge < -0.3 is 14.7 Å². The minimum absolute atomic E-state index is 0.117. The molecule has 0 aliphatic carbocycles. The highest BCUT2D eigenvalue weighted by Crippen LogP contribution is 2.18. The van der Waals surface area contributed by atoms with E-state index < -0.39 is 0 Å². The number of carbonyl (C=O) groups is 1. The van der Waals surface area contributed by atoms with Crippen molar-refractivity contribution in [3.8, 4) is 0 Å². The molecule has 92 valence electrons. The highest BCUT2D eigenvalue weighted by Gasteiger charge is 2.28. The molecule has 0 aromatic carbocycles. The maximum atomic E-state index is 12.2. The number of ether oxygens (including phenoxy) is 1. The molecular weight excluding hydrogens is 244 g/mol. The molecule has 1 aliphatic heterocycles. The summed E-state index contributed by atoms with van der Waals surface area (Å²) in [6.45, 7) is 1.17. The molecule has 1 amide bonds. The molecule has 1 aromatic rings. The van der Waals surface area contributed by atoms with Gasteiger partial charge in [0.15, 0.2) is 0 Å². The number of pyridine rings is 1. The summed E-state index contributed by atoms with van der Waals surface area (Å²) in [5, 5.41) is 9.53. The second kappa shape index (κ2) is 5.44. The van der Waals surface area contributed by atoms with E-state index in [0.717, 1.165) is 0 Å². The van der Waals surface area contributed by atoms with Crippen molar-refractivity contribution in [2.24, 2.45) is 0 Å². The Morgan fingerprint density at radius 3 is 3.24 bits per heavy atom. The molecule has 0 radical (unpaired) electrons. The van der Waals surface area contributed by atoms with Gasteiger partial charge in [0.1, 0.15) is 0 Å². The average molecular weight is 257 g/mol. The van der Waals surface area contributed by atoms with Crippen LogP contribution in [-0.4, -0.2) is 53.3 Å². The predicted octanol–water partition coefficient (Wildman–Crippen LogP) is 0.568. The Kier molecular flexibility index (Phi) is 3.93. The Hall–Kier alpha value is -1.17. The molecule has 0 spiro atoms. The van der Waals surface area contributed by atoms with Crippen molar-refractivity contribution in [2.45, 2.75) is 6.04 Å². The first-order valence-electron chi connectivity index (χ1n) is 5.33. The van der Waals surface area contributed by atoms with Crippen molar-refractivity contribution >= 4 is 17.5 Å². The van der Waals surface area contributed by atoms with Gasteiger partial charge in [-0.3, -0.25) is 9.78 Å². The lowest BCUT2D eigenvalue weighted by Crippen LogP contribution is -2.50. The molecule has 6 heteroatoms. The molecule has 0 saturated carbocycles. The normalized spacial score (nSPS) is 20.4. The van der Waals surface area contributed by atoms with Gasteiger partial charge in [-0.15, -0.1) is 0 Å². The number of morpholine rings is 1. The molecule has 1 fully saturated rings. The van der Waals surface area contributed by atoms with E-state index in [-0.39, 0.29) is 18.6 Å². The third-order valence-electron chi connectivity index (χ3n) is 2.70. The molecule has 1 atom stereocenters. The molecule has 2 heterocycles. The summed E-state index contributed by atoms with van der Waals surface area (Å²) in [4.78, 5) is 17.7. The van der Waals surface area contributed by atoms with E-state index in [4.69, 9.17) is 16.3 Å². The van der Waals surface area contributed by atoms with Crippen LogP contribution in [0, 0.1) is 0 Å². The van der Waals surface area contributed by atoms with Gasteiger partial charge in [-0.1, -0.05) is 11.6 Å². The topological polar surface area (TPSA) is 62.7 Å². The van der Waals surface area contributed by atoms with Gasteiger partial charge in [-0.05, 0) is 6.07 Å². The smallest absolute Gasteiger partial charge is 0.255 e. The van der Waals surface area contributed by atoms with E-state index in [1.165, 1.54) is 12.4 Å². The van der Waals surface area contributed by atoms with Crippen LogP contribution in [0.5, 0.6) is 0 Å². The van der Waals surface area contributed by atoms with Crippen LogP contribution in [-0.2, 0) is 4.74 Å². The minimum Gasteiger partial charge on any atom is -0.394 e. The zero-order valence-electron chi connectivity index (χ0n) is 9.17. The van der Waals surface area contributed by atoms with E-state index in [1.807, 2.05) is 0 Å². The Morgan fingerprint density at radius 1 is 1.71 bits per heavy atom. The summed E-state index contributed by atoms with van der Waals surface area (Å²) in [6.07, 6.45) is 2.96. The van der Waals surface area contributed by atoms with Crippen molar-refractivity contribution in [2.75, 3.05) is 26.4 Å². The monoisotopic (exact) mass is 256 g/mol. The first-order chi connectivity index (χ1) is 8.24. The fraction of sp³-hybridized carbons (Fsp3) is 0.455. The van der Waals surface area contributed by atoms with Crippen LogP contribution in [0.3, 0.4) is 0 Å². The van der Waals surface area contributed by atoms with Gasteiger partial charge in [-0.25, -0.2) is 0 Å². The molecule has 1 aromatic heterocycles. The first kappa shape index (κ1) is 12.3. The summed E-state index contributed by atoms with van der Waals surface area (Å²) in [5.74, 6) is -0.195. The Balaban J connectivity index is 2.21. The number of rotatable bonds is 2. The highest BCUT2D eigenvalue weighted by molar-refractivity contribution is 6.33. The summed E-state index contributed by atoms with van der Waals surface area (Å²) in [7, 11) is 0. The fourth-order valence-corrected chi connectivity index (χ4v) is 1.98. The zero-order chi connectivity index (χ0) is 12.3. The van der Waals surface area contributed by atoms with E-state index >= 15 is 0 Å². The predicted molar refractivity (Wildman–Crippen MR) is 62.0 cm³/mol. The average Bonchev–Trinajstić information content (AvgIpc) is 2.38. The Labute approximate surface area is 104 Å². The number of hydrogen-bond donors (Lipinski definition) is 1. The summed E-state index contributed by atoms with van der Waals surface area (Å²) >= 11 is 5.93. The maximum Gasteiger partial charge on any atom is 0.255 e. The van der Waals surface area contributed by atoms with Crippen LogP contribution in [0.15, 0.2) is 18.5 Å². The van der Waals surface area contributed by atoms with Crippen LogP contribution in [0.2, 0.25) is 5.02 Å². The number of halogens is 1. The van der Waals surface area contributed by atoms with Crippen LogP contribution in [0.4, 0.5) is 0 Å². The number of amides is 1. The second-order valence-corrected chi connectivity index (χ2v) is 4.17. The number of nitrogens with zero attached hydrogens (tertiary/aromatic N) is 2. The van der Waals surface area contributed by atoms with E-state index in [0.29, 0.717) is 30.3 Å². The summed E-state index contributed by atoms with van der Waals surface area (Å²) < 4.78 is 5.22. The minimum atomic E-state index is -0.305. The van der Waals surface area contributed by atoms with Gasteiger partial charge in [0, 0.05) is 18.9 Å². The summed E-state index contributed by atoms with van der Waals surface area (Å²) in [5.41, 5.74) is 0.405. The van der Waals surface area contributed by atoms with Crippen molar-refractivity contribution in [1.29, 1.82) is 0 Å². The molecule has 0 bridgehead atoms. The molecule has 5 nitrogen and oxygen atoms in total. The Bertz CT molecular complexity index is 413. The van der Waals surface area contributed by atoms with Gasteiger partial charge in [0.2, 0.25) is 0 Å². The van der Waals surface area contributed by atoms with Gasteiger partial charge in [0.05, 0.1) is 36.4 Å². The number of carbonyl (C=O) groups excluding carboxylic acids is 1. The van der Waals surface area contributed by atoms with Crippen molar-refractivity contribution in [1.82, 2.24) is 9.88 Å². The fourth-order valence-electron chi connectivity index (χ4n) is 1.78. The van der Waals surface area contributed by atoms with Crippen molar-refractivity contribution < 1.29 is 14.6 Å². The molecule has 1 N–H and O–H groups in total. The van der Waals surface area contributed by atoms with Crippen LogP contribution in [0.25, 0.3) is 0 Å². The van der Waals surface area contributed by atoms with Crippen LogP contribution >= 0.6 is 11.6 Å². The molecule has 1 saturated heterocycles. The molecular formula is C11H13ClN2O3. The quantitative estimate of drug-likeness (QED) is 0.840. The number of hydrogen-bond acceptors (Lipinski definition) is 4. The van der Waals surface area contributed by atoms with Gasteiger partial charge in [0.25, 0.3) is 5.91 Å². The number of aliphatic hydroxyl groups excluding tert-OH is 1.